The van der Waals surface area contributed by atoms with Crippen molar-refractivity contribution in [1.82, 2.24) is 4.98 Å². The Balaban J connectivity index is 2.05. The Morgan fingerprint density at radius 1 is 1.19 bits per heavy atom. The van der Waals surface area contributed by atoms with Gasteiger partial charge in [-0.3, -0.25) is 9.59 Å². The molecule has 3 aromatic rings. The number of aromatic nitrogens is 1. The van der Waals surface area contributed by atoms with Crippen LogP contribution in [0, 0.1) is 6.92 Å². The first-order chi connectivity index (χ1) is 12.2. The lowest BCUT2D eigenvalue weighted by molar-refractivity contribution is -0.136. The zero-order valence-electron chi connectivity index (χ0n) is 13.4. The summed E-state index contributed by atoms with van der Waals surface area (Å²) in [7, 11) is 0. The smallest absolute Gasteiger partial charge is 0.360 e. The fraction of sp³-hybridized carbons (Fsp3) is 0.111. The summed E-state index contributed by atoms with van der Waals surface area (Å²) < 4.78 is 39.8. The van der Waals surface area contributed by atoms with Crippen LogP contribution in [0.2, 0.25) is 0 Å². The lowest BCUT2D eigenvalue weighted by Crippen LogP contribution is -2.22. The molecule has 1 heterocycles. The van der Waals surface area contributed by atoms with Crippen molar-refractivity contribution < 1.29 is 18.0 Å². The van der Waals surface area contributed by atoms with E-state index in [0.29, 0.717) is 10.2 Å². The summed E-state index contributed by atoms with van der Waals surface area (Å²) in [5.41, 5.74) is -0.935. The number of hydrogen-bond donors (Lipinski definition) is 2. The van der Waals surface area contributed by atoms with E-state index in [9.17, 15) is 22.8 Å². The molecule has 0 bridgehead atoms. The van der Waals surface area contributed by atoms with Crippen LogP contribution in [0.4, 0.5) is 18.9 Å². The second kappa shape index (κ2) is 6.60. The van der Waals surface area contributed by atoms with Crippen LogP contribution >= 0.6 is 15.9 Å². The molecule has 8 heteroatoms. The molecule has 26 heavy (non-hydrogen) atoms. The summed E-state index contributed by atoms with van der Waals surface area (Å²) in [6.07, 6.45) is -3.61. The van der Waals surface area contributed by atoms with Gasteiger partial charge in [-0.15, -0.1) is 0 Å². The molecule has 0 radical (unpaired) electrons. The van der Waals surface area contributed by atoms with Crippen molar-refractivity contribution >= 4 is 38.4 Å². The average molecular weight is 425 g/mol. The number of amides is 1. The van der Waals surface area contributed by atoms with Gasteiger partial charge in [0, 0.05) is 16.1 Å². The summed E-state index contributed by atoms with van der Waals surface area (Å²) in [6.45, 7) is 1.88. The number of H-pyrrole nitrogens is 1. The molecule has 0 atom stereocenters. The molecule has 0 saturated carbocycles. The molecule has 4 nitrogen and oxygen atoms in total. The van der Waals surface area contributed by atoms with Gasteiger partial charge in [-0.1, -0.05) is 12.1 Å². The molecule has 1 aromatic heterocycles. The molecule has 0 aliphatic carbocycles. The first kappa shape index (κ1) is 18.2. The molecule has 0 spiro atoms. The Morgan fingerprint density at radius 3 is 2.58 bits per heavy atom. The van der Waals surface area contributed by atoms with E-state index >= 15 is 0 Å². The predicted octanol–water partition coefficient (Wildman–Crippen LogP) is 4.87. The molecule has 0 aliphatic rings. The summed E-state index contributed by atoms with van der Waals surface area (Å²) >= 11 is 3.31. The summed E-state index contributed by atoms with van der Waals surface area (Å²) in [6, 6.07) is 8.49. The van der Waals surface area contributed by atoms with Crippen molar-refractivity contribution in [1.29, 1.82) is 0 Å². The first-order valence-electron chi connectivity index (χ1n) is 7.47. The number of pyridine rings is 1. The molecule has 2 aromatic carbocycles. The normalized spacial score (nSPS) is 11.6. The Hall–Kier alpha value is -2.61. The number of carbonyl (C=O) groups excluding carboxylic acids is 1. The zero-order chi connectivity index (χ0) is 19.1. The van der Waals surface area contributed by atoms with Crippen LogP contribution in [0.3, 0.4) is 0 Å². The lowest BCUT2D eigenvalue weighted by atomic mass is 10.1. The standard InChI is InChI=1S/C18H12BrF3N2O2/c1-9-5-6-14(13(19)7-9)24-17(26)11-8-23-15-10(16(11)25)3-2-4-12(15)18(20,21)22/h2-8H,1H3,(H,23,25)(H,24,26). The van der Waals surface area contributed by atoms with Crippen LogP contribution < -0.4 is 10.7 Å². The van der Waals surface area contributed by atoms with Gasteiger partial charge >= 0.3 is 6.18 Å². The highest BCUT2D eigenvalue weighted by Gasteiger charge is 2.33. The van der Waals surface area contributed by atoms with E-state index in [4.69, 9.17) is 0 Å². The maximum absolute atomic E-state index is 13.1. The average Bonchev–Trinajstić information content (AvgIpc) is 2.56. The number of benzene rings is 2. The Morgan fingerprint density at radius 2 is 1.92 bits per heavy atom. The number of nitrogens with one attached hydrogen (secondary N) is 2. The largest absolute Gasteiger partial charge is 0.418 e. The van der Waals surface area contributed by atoms with Gasteiger partial charge in [0.15, 0.2) is 0 Å². The van der Waals surface area contributed by atoms with Crippen molar-refractivity contribution in [2.45, 2.75) is 13.1 Å². The second-order valence-electron chi connectivity index (χ2n) is 5.69. The third-order valence-electron chi connectivity index (χ3n) is 3.84. The zero-order valence-corrected chi connectivity index (χ0v) is 15.0. The molecule has 134 valence electrons. The molecule has 0 saturated heterocycles. The van der Waals surface area contributed by atoms with Crippen LogP contribution in [0.25, 0.3) is 10.9 Å². The molecule has 2 N–H and O–H groups in total. The Bertz CT molecular complexity index is 1070. The molecule has 3 rings (SSSR count). The van der Waals surface area contributed by atoms with Crippen LogP contribution in [0.15, 0.2) is 51.9 Å². The van der Waals surface area contributed by atoms with Gasteiger partial charge in [0.25, 0.3) is 5.91 Å². The number of aryl methyl sites for hydroxylation is 1. The van der Waals surface area contributed by atoms with Crippen LogP contribution in [0.1, 0.15) is 21.5 Å². The summed E-state index contributed by atoms with van der Waals surface area (Å²) in [4.78, 5) is 27.4. The summed E-state index contributed by atoms with van der Waals surface area (Å²) in [5, 5.41) is 2.38. The second-order valence-corrected chi connectivity index (χ2v) is 6.55. The quantitative estimate of drug-likeness (QED) is 0.616. The van der Waals surface area contributed by atoms with Gasteiger partial charge in [0.2, 0.25) is 5.43 Å². The maximum atomic E-state index is 13.1. The van der Waals surface area contributed by atoms with Crippen molar-refractivity contribution in [3.63, 3.8) is 0 Å². The van der Waals surface area contributed by atoms with Gasteiger partial charge in [-0.25, -0.2) is 0 Å². The number of para-hydroxylation sites is 1. The Kier molecular flexibility index (Phi) is 4.62. The van der Waals surface area contributed by atoms with Crippen LogP contribution in [0.5, 0.6) is 0 Å². The molecule has 1 amide bonds. The number of hydrogen-bond acceptors (Lipinski definition) is 2. The molecule has 0 unspecified atom stereocenters. The van der Waals surface area contributed by atoms with Gasteiger partial charge in [-0.05, 0) is 52.7 Å². The van der Waals surface area contributed by atoms with Gasteiger partial charge in [0.05, 0.1) is 16.8 Å². The number of fused-ring (bicyclic) bond motifs is 1. The number of aromatic amines is 1. The monoisotopic (exact) mass is 424 g/mol. The minimum absolute atomic E-state index is 0.199. The van der Waals surface area contributed by atoms with Crippen molar-refractivity contribution in [2.75, 3.05) is 5.32 Å². The molecule has 0 aliphatic heterocycles. The van der Waals surface area contributed by atoms with Gasteiger partial charge in [0.1, 0.15) is 5.56 Å². The fourth-order valence-corrected chi connectivity index (χ4v) is 3.16. The highest BCUT2D eigenvalue weighted by Crippen LogP contribution is 2.33. The third-order valence-corrected chi connectivity index (χ3v) is 4.49. The van der Waals surface area contributed by atoms with E-state index in [1.54, 1.807) is 18.2 Å². The number of carbonyl (C=O) groups is 1. The van der Waals surface area contributed by atoms with Crippen LogP contribution in [-0.2, 0) is 6.18 Å². The van der Waals surface area contributed by atoms with Gasteiger partial charge in [-0.2, -0.15) is 13.2 Å². The van der Waals surface area contributed by atoms with E-state index in [1.807, 2.05) is 6.92 Å². The van der Waals surface area contributed by atoms with E-state index < -0.39 is 23.1 Å². The molecular weight excluding hydrogens is 413 g/mol. The highest BCUT2D eigenvalue weighted by atomic mass is 79.9. The topological polar surface area (TPSA) is 62.0 Å². The van der Waals surface area contributed by atoms with Gasteiger partial charge < -0.3 is 10.3 Å². The SMILES string of the molecule is Cc1ccc(NC(=O)c2c[nH]c3c(C(F)(F)F)cccc3c2=O)c(Br)c1. The molecular formula is C18H12BrF3N2O2. The van der Waals surface area contributed by atoms with Crippen molar-refractivity contribution in [3.8, 4) is 0 Å². The van der Waals surface area contributed by atoms with Crippen LogP contribution in [-0.4, -0.2) is 10.9 Å². The highest BCUT2D eigenvalue weighted by molar-refractivity contribution is 9.10. The fourth-order valence-electron chi connectivity index (χ4n) is 2.57. The minimum Gasteiger partial charge on any atom is -0.360 e. The van der Waals surface area contributed by atoms with E-state index in [1.165, 1.54) is 6.07 Å². The van der Waals surface area contributed by atoms with Crippen molar-refractivity contribution in [3.05, 3.63) is 74.0 Å². The third kappa shape index (κ3) is 3.37. The Labute approximate surface area is 154 Å². The molecule has 0 fully saturated rings. The summed E-state index contributed by atoms with van der Waals surface area (Å²) in [5.74, 6) is -0.713. The van der Waals surface area contributed by atoms with E-state index in [2.05, 4.69) is 26.2 Å². The maximum Gasteiger partial charge on any atom is 0.418 e. The number of rotatable bonds is 2. The van der Waals surface area contributed by atoms with E-state index in [-0.39, 0.29) is 16.5 Å². The number of halogens is 4. The lowest BCUT2D eigenvalue weighted by Gasteiger charge is -2.11. The number of alkyl halides is 3. The van der Waals surface area contributed by atoms with E-state index in [0.717, 1.165) is 23.9 Å². The van der Waals surface area contributed by atoms with Crippen molar-refractivity contribution in [2.24, 2.45) is 0 Å². The minimum atomic E-state index is -4.61. The predicted molar refractivity (Wildman–Crippen MR) is 96.4 cm³/mol. The number of anilines is 1. The first-order valence-corrected chi connectivity index (χ1v) is 8.27.